The lowest BCUT2D eigenvalue weighted by atomic mass is 10.1. The second-order valence-electron chi connectivity index (χ2n) is 3.12. The fraction of sp³-hybridized carbons (Fsp3) is 0.200. The van der Waals surface area contributed by atoms with Gasteiger partial charge in [0, 0.05) is 11.4 Å². The number of hydrogen-bond acceptors (Lipinski definition) is 2. The van der Waals surface area contributed by atoms with Crippen LogP contribution in [0, 0.1) is 5.82 Å². The molecule has 0 aliphatic heterocycles. The van der Waals surface area contributed by atoms with Gasteiger partial charge in [0.2, 0.25) is 6.41 Å². The molecule has 6 heteroatoms. The van der Waals surface area contributed by atoms with Crippen LogP contribution in [0.25, 0.3) is 0 Å². The molecule has 0 spiro atoms. The molecule has 1 rings (SSSR count). The maximum Gasteiger partial charge on any atom is 0.326 e. The summed E-state index contributed by atoms with van der Waals surface area (Å²) >= 11 is 5.55. The molecule has 0 saturated carbocycles. The zero-order chi connectivity index (χ0) is 12.1. The number of halogens is 2. The molecule has 1 atom stereocenters. The number of amides is 1. The largest absolute Gasteiger partial charge is 0.480 e. The molecule has 0 bridgehead atoms. The Morgan fingerprint density at radius 2 is 2.31 bits per heavy atom. The molecule has 0 aromatic heterocycles. The lowest BCUT2D eigenvalue weighted by Crippen LogP contribution is -2.37. The highest BCUT2D eigenvalue weighted by molar-refractivity contribution is 6.30. The van der Waals surface area contributed by atoms with Crippen LogP contribution >= 0.6 is 11.6 Å². The van der Waals surface area contributed by atoms with Crippen LogP contribution in [0.4, 0.5) is 4.39 Å². The van der Waals surface area contributed by atoms with Crippen molar-refractivity contribution < 1.29 is 19.1 Å². The van der Waals surface area contributed by atoms with E-state index in [9.17, 15) is 14.0 Å². The quantitative estimate of drug-likeness (QED) is 0.767. The van der Waals surface area contributed by atoms with Gasteiger partial charge in [-0.25, -0.2) is 9.18 Å². The standard InChI is InChI=1S/C10H9ClFNO3/c11-7-2-1-6(8(12)4-7)3-9(10(15)16)13-5-14/h1-2,4-5,9H,3H2,(H,13,14)(H,15,16). The summed E-state index contributed by atoms with van der Waals surface area (Å²) in [6.45, 7) is 0. The van der Waals surface area contributed by atoms with Gasteiger partial charge in [-0.15, -0.1) is 0 Å². The van der Waals surface area contributed by atoms with Gasteiger partial charge >= 0.3 is 5.97 Å². The Hall–Kier alpha value is -1.62. The molecular weight excluding hydrogens is 237 g/mol. The van der Waals surface area contributed by atoms with Gasteiger partial charge < -0.3 is 10.4 Å². The van der Waals surface area contributed by atoms with Crippen LogP contribution in [0.5, 0.6) is 0 Å². The van der Waals surface area contributed by atoms with Crippen molar-refractivity contribution in [2.24, 2.45) is 0 Å². The molecule has 1 aromatic carbocycles. The summed E-state index contributed by atoms with van der Waals surface area (Å²) in [4.78, 5) is 20.9. The molecule has 0 heterocycles. The zero-order valence-corrected chi connectivity index (χ0v) is 8.87. The molecule has 0 saturated heterocycles. The first kappa shape index (κ1) is 12.4. The molecule has 16 heavy (non-hydrogen) atoms. The Morgan fingerprint density at radius 1 is 1.62 bits per heavy atom. The minimum absolute atomic E-state index is 0.128. The average Bonchev–Trinajstić information content (AvgIpc) is 2.20. The van der Waals surface area contributed by atoms with Gasteiger partial charge in [-0.2, -0.15) is 0 Å². The lowest BCUT2D eigenvalue weighted by Gasteiger charge is -2.11. The summed E-state index contributed by atoms with van der Waals surface area (Å²) < 4.78 is 13.3. The number of rotatable bonds is 5. The molecule has 86 valence electrons. The van der Waals surface area contributed by atoms with Crippen molar-refractivity contribution in [3.05, 3.63) is 34.6 Å². The number of carboxylic acid groups (broad SMARTS) is 1. The molecule has 0 aliphatic carbocycles. The summed E-state index contributed by atoms with van der Waals surface area (Å²) in [5.41, 5.74) is 0.186. The lowest BCUT2D eigenvalue weighted by molar-refractivity contribution is -0.140. The number of nitrogens with one attached hydrogen (secondary N) is 1. The van der Waals surface area contributed by atoms with Gasteiger partial charge in [0.25, 0.3) is 0 Å². The van der Waals surface area contributed by atoms with Crippen molar-refractivity contribution in [1.82, 2.24) is 5.32 Å². The summed E-state index contributed by atoms with van der Waals surface area (Å²) in [6.07, 6.45) is 0.143. The number of hydrogen-bond donors (Lipinski definition) is 2. The van der Waals surface area contributed by atoms with E-state index in [4.69, 9.17) is 16.7 Å². The van der Waals surface area contributed by atoms with Crippen LogP contribution in [0.15, 0.2) is 18.2 Å². The number of aliphatic carboxylic acids is 1. The molecule has 1 aromatic rings. The first-order valence-electron chi connectivity index (χ1n) is 4.41. The molecule has 4 nitrogen and oxygen atoms in total. The van der Waals surface area contributed by atoms with Gasteiger partial charge in [0.1, 0.15) is 11.9 Å². The number of benzene rings is 1. The number of carbonyl (C=O) groups is 2. The van der Waals surface area contributed by atoms with Gasteiger partial charge in [-0.05, 0) is 17.7 Å². The van der Waals surface area contributed by atoms with E-state index in [-0.39, 0.29) is 23.4 Å². The molecule has 1 unspecified atom stereocenters. The smallest absolute Gasteiger partial charge is 0.326 e. The summed E-state index contributed by atoms with van der Waals surface area (Å²) in [6, 6.07) is 2.80. The normalized spacial score (nSPS) is 11.9. The predicted octanol–water partition coefficient (Wildman–Crippen LogP) is 1.22. The molecule has 0 radical (unpaired) electrons. The van der Waals surface area contributed by atoms with Gasteiger partial charge in [-0.3, -0.25) is 4.79 Å². The second kappa shape index (κ2) is 5.46. The second-order valence-corrected chi connectivity index (χ2v) is 3.55. The van der Waals surface area contributed by atoms with Crippen molar-refractivity contribution >= 4 is 24.0 Å². The van der Waals surface area contributed by atoms with E-state index in [0.29, 0.717) is 0 Å². The summed E-state index contributed by atoms with van der Waals surface area (Å²) in [5, 5.41) is 11.1. The van der Waals surface area contributed by atoms with E-state index in [1.165, 1.54) is 12.1 Å². The monoisotopic (exact) mass is 245 g/mol. The molecule has 1 amide bonds. The molecule has 0 fully saturated rings. The van der Waals surface area contributed by atoms with E-state index in [0.717, 1.165) is 6.07 Å². The van der Waals surface area contributed by atoms with Crippen molar-refractivity contribution in [2.75, 3.05) is 0 Å². The predicted molar refractivity (Wildman–Crippen MR) is 55.7 cm³/mol. The van der Waals surface area contributed by atoms with E-state index in [1.54, 1.807) is 0 Å². The van der Waals surface area contributed by atoms with Crippen LogP contribution in [0.1, 0.15) is 5.56 Å². The Balaban J connectivity index is 2.84. The maximum absolute atomic E-state index is 13.3. The van der Waals surface area contributed by atoms with Crippen molar-refractivity contribution in [3.8, 4) is 0 Å². The van der Waals surface area contributed by atoms with Crippen molar-refractivity contribution in [1.29, 1.82) is 0 Å². The third-order valence-corrected chi connectivity index (χ3v) is 2.24. The van der Waals surface area contributed by atoms with Crippen molar-refractivity contribution in [2.45, 2.75) is 12.5 Å². The third kappa shape index (κ3) is 3.20. The Bertz CT molecular complexity index is 411. The summed E-state index contributed by atoms with van der Waals surface area (Å²) in [5.74, 6) is -1.81. The van der Waals surface area contributed by atoms with Crippen LogP contribution in [0.3, 0.4) is 0 Å². The zero-order valence-electron chi connectivity index (χ0n) is 8.11. The number of carboxylic acids is 1. The van der Waals surface area contributed by atoms with Gasteiger partial charge in [0.15, 0.2) is 0 Å². The molecule has 0 aliphatic rings. The number of carbonyl (C=O) groups excluding carboxylic acids is 1. The average molecular weight is 246 g/mol. The van der Waals surface area contributed by atoms with Crippen LogP contribution in [0.2, 0.25) is 5.02 Å². The Morgan fingerprint density at radius 3 is 2.81 bits per heavy atom. The minimum Gasteiger partial charge on any atom is -0.480 e. The van der Waals surface area contributed by atoms with E-state index >= 15 is 0 Å². The highest BCUT2D eigenvalue weighted by atomic mass is 35.5. The van der Waals surface area contributed by atoms with Crippen molar-refractivity contribution in [3.63, 3.8) is 0 Å². The fourth-order valence-electron chi connectivity index (χ4n) is 1.21. The molecule has 2 N–H and O–H groups in total. The van der Waals surface area contributed by atoms with Gasteiger partial charge in [-0.1, -0.05) is 17.7 Å². The Labute approximate surface area is 96.0 Å². The van der Waals surface area contributed by atoms with Gasteiger partial charge in [0.05, 0.1) is 0 Å². The minimum atomic E-state index is -1.22. The fourth-order valence-corrected chi connectivity index (χ4v) is 1.37. The molecular formula is C10H9ClFNO3. The van der Waals surface area contributed by atoms with Crippen LogP contribution in [-0.4, -0.2) is 23.5 Å². The summed E-state index contributed by atoms with van der Waals surface area (Å²) in [7, 11) is 0. The first-order chi connectivity index (χ1) is 7.54. The van der Waals surface area contributed by atoms with E-state index in [2.05, 4.69) is 5.32 Å². The topological polar surface area (TPSA) is 66.4 Å². The van der Waals surface area contributed by atoms with E-state index in [1.807, 2.05) is 0 Å². The van der Waals surface area contributed by atoms with Crippen LogP contribution < -0.4 is 5.32 Å². The Kier molecular flexibility index (Phi) is 4.25. The SMILES string of the molecule is O=CNC(Cc1ccc(Cl)cc1F)C(=O)O. The van der Waals surface area contributed by atoms with E-state index < -0.39 is 17.8 Å². The van der Waals surface area contributed by atoms with Crippen LogP contribution in [-0.2, 0) is 16.0 Å². The highest BCUT2D eigenvalue weighted by Gasteiger charge is 2.18. The highest BCUT2D eigenvalue weighted by Crippen LogP contribution is 2.16. The third-order valence-electron chi connectivity index (χ3n) is 2.01. The first-order valence-corrected chi connectivity index (χ1v) is 4.79. The maximum atomic E-state index is 13.3.